The van der Waals surface area contributed by atoms with Gasteiger partial charge in [-0.05, 0) is 49.2 Å². The molecule has 0 amide bonds. The predicted octanol–water partition coefficient (Wildman–Crippen LogP) is 3.64. The second-order valence-electron chi connectivity index (χ2n) is 5.43. The Morgan fingerprint density at radius 2 is 1.75 bits per heavy atom. The number of hydrogen-bond donors (Lipinski definition) is 3. The maximum atomic E-state index is 10.4. The zero-order chi connectivity index (χ0) is 17.7. The molecule has 0 saturated heterocycles. The number of benzene rings is 2. The number of ether oxygens (including phenoxy) is 2. The van der Waals surface area contributed by atoms with Gasteiger partial charge in [0.15, 0.2) is 23.0 Å². The Hall–Kier alpha value is -2.66. The van der Waals surface area contributed by atoms with Crippen molar-refractivity contribution in [2.45, 2.75) is 26.1 Å². The Morgan fingerprint density at radius 3 is 2.38 bits per heavy atom. The van der Waals surface area contributed by atoms with E-state index in [0.717, 1.165) is 5.56 Å². The maximum absolute atomic E-state index is 10.4. The Bertz CT molecular complexity index is 724. The first-order valence-corrected chi connectivity index (χ1v) is 7.63. The van der Waals surface area contributed by atoms with Gasteiger partial charge in [0.25, 0.3) is 0 Å². The molecule has 0 aromatic heterocycles. The topological polar surface area (TPSA) is 79.2 Å². The molecule has 5 nitrogen and oxygen atoms in total. The van der Waals surface area contributed by atoms with Crippen molar-refractivity contribution in [2.24, 2.45) is 0 Å². The van der Waals surface area contributed by atoms with Gasteiger partial charge in [-0.1, -0.05) is 24.3 Å². The minimum atomic E-state index is -0.976. The number of rotatable bonds is 6. The molecular formula is C19H22O5. The van der Waals surface area contributed by atoms with Crippen LogP contribution in [0, 0.1) is 0 Å². The summed E-state index contributed by atoms with van der Waals surface area (Å²) in [6.07, 6.45) is 2.31. The number of aliphatic hydroxyl groups is 1. The van der Waals surface area contributed by atoms with Crippen LogP contribution < -0.4 is 9.47 Å². The van der Waals surface area contributed by atoms with Crippen molar-refractivity contribution in [3.05, 3.63) is 53.6 Å². The second kappa shape index (κ2) is 7.75. The van der Waals surface area contributed by atoms with Crippen LogP contribution in [0.3, 0.4) is 0 Å². The number of hydrogen-bond acceptors (Lipinski definition) is 5. The van der Waals surface area contributed by atoms with Gasteiger partial charge in [0.05, 0.1) is 7.11 Å². The van der Waals surface area contributed by atoms with Gasteiger partial charge in [0, 0.05) is 0 Å². The van der Waals surface area contributed by atoms with Crippen LogP contribution in [0.4, 0.5) is 0 Å². The first-order valence-electron chi connectivity index (χ1n) is 7.63. The third-order valence-electron chi connectivity index (χ3n) is 3.65. The van der Waals surface area contributed by atoms with E-state index < -0.39 is 12.2 Å². The highest BCUT2D eigenvalue weighted by atomic mass is 16.5. The van der Waals surface area contributed by atoms with Crippen molar-refractivity contribution in [3.8, 4) is 23.0 Å². The Balaban J connectivity index is 2.18. The van der Waals surface area contributed by atoms with Gasteiger partial charge in [0.1, 0.15) is 12.2 Å². The van der Waals surface area contributed by atoms with Crippen LogP contribution in [0.15, 0.2) is 42.5 Å². The third kappa shape index (κ3) is 4.00. The molecule has 0 unspecified atom stereocenters. The average molecular weight is 330 g/mol. The number of phenols is 2. The molecule has 2 rings (SSSR count). The molecule has 0 aliphatic heterocycles. The van der Waals surface area contributed by atoms with E-state index >= 15 is 0 Å². The van der Waals surface area contributed by atoms with Gasteiger partial charge in [-0.15, -0.1) is 0 Å². The largest absolute Gasteiger partial charge is 0.504 e. The monoisotopic (exact) mass is 330 g/mol. The van der Waals surface area contributed by atoms with Gasteiger partial charge in [-0.3, -0.25) is 0 Å². The SMILES string of the molecule is CC=Cc1ccc(O[C@H](C)[C@H](O)c2ccc(O)c(O)c2)c(OC)c1. The smallest absolute Gasteiger partial charge is 0.161 e. The van der Waals surface area contributed by atoms with Crippen molar-refractivity contribution in [1.82, 2.24) is 0 Å². The summed E-state index contributed by atoms with van der Waals surface area (Å²) in [5.74, 6) is 0.561. The van der Waals surface area contributed by atoms with Gasteiger partial charge in [-0.25, -0.2) is 0 Å². The summed E-state index contributed by atoms with van der Waals surface area (Å²) in [5.41, 5.74) is 1.43. The van der Waals surface area contributed by atoms with E-state index in [1.165, 1.54) is 18.2 Å². The van der Waals surface area contributed by atoms with Crippen LogP contribution in [0.2, 0.25) is 0 Å². The molecule has 128 valence electrons. The molecule has 2 aromatic rings. The quantitative estimate of drug-likeness (QED) is 0.705. The van der Waals surface area contributed by atoms with Crippen LogP contribution in [-0.2, 0) is 0 Å². The van der Waals surface area contributed by atoms with Gasteiger partial charge < -0.3 is 24.8 Å². The molecule has 5 heteroatoms. The molecule has 3 N–H and O–H groups in total. The Labute approximate surface area is 141 Å². The van der Waals surface area contributed by atoms with Crippen molar-refractivity contribution in [1.29, 1.82) is 0 Å². The first-order chi connectivity index (χ1) is 11.5. The van der Waals surface area contributed by atoms with E-state index in [0.29, 0.717) is 17.1 Å². The molecule has 2 atom stereocenters. The summed E-state index contributed by atoms with van der Waals surface area (Å²) in [7, 11) is 1.56. The lowest BCUT2D eigenvalue weighted by Crippen LogP contribution is -2.22. The zero-order valence-electron chi connectivity index (χ0n) is 13.9. The van der Waals surface area contributed by atoms with E-state index in [4.69, 9.17) is 9.47 Å². The summed E-state index contributed by atoms with van der Waals surface area (Å²) in [5, 5.41) is 29.3. The molecule has 0 heterocycles. The molecule has 24 heavy (non-hydrogen) atoms. The highest BCUT2D eigenvalue weighted by Crippen LogP contribution is 2.33. The van der Waals surface area contributed by atoms with E-state index in [2.05, 4.69) is 0 Å². The van der Waals surface area contributed by atoms with Crippen molar-refractivity contribution >= 4 is 6.08 Å². The Morgan fingerprint density at radius 1 is 1.00 bits per heavy atom. The van der Waals surface area contributed by atoms with Gasteiger partial charge >= 0.3 is 0 Å². The first kappa shape index (κ1) is 17.7. The maximum Gasteiger partial charge on any atom is 0.161 e. The van der Waals surface area contributed by atoms with E-state index in [1.807, 2.05) is 31.2 Å². The molecule has 0 bridgehead atoms. The number of methoxy groups -OCH3 is 1. The van der Waals surface area contributed by atoms with E-state index in [1.54, 1.807) is 20.1 Å². The zero-order valence-corrected chi connectivity index (χ0v) is 13.9. The highest BCUT2D eigenvalue weighted by Gasteiger charge is 2.20. The molecule has 0 aliphatic carbocycles. The van der Waals surface area contributed by atoms with Crippen LogP contribution in [0.5, 0.6) is 23.0 Å². The number of phenolic OH excluding ortho intramolecular Hbond substituents is 2. The average Bonchev–Trinajstić information content (AvgIpc) is 2.58. The fraction of sp³-hybridized carbons (Fsp3) is 0.263. The van der Waals surface area contributed by atoms with Gasteiger partial charge in [0.2, 0.25) is 0 Å². The van der Waals surface area contributed by atoms with Crippen LogP contribution in [0.25, 0.3) is 6.08 Å². The molecule has 0 fully saturated rings. The molecular weight excluding hydrogens is 308 g/mol. The normalized spacial score (nSPS) is 13.7. The summed E-state index contributed by atoms with van der Waals surface area (Å²) >= 11 is 0. The van der Waals surface area contributed by atoms with E-state index in [9.17, 15) is 15.3 Å². The van der Waals surface area contributed by atoms with E-state index in [-0.39, 0.29) is 11.5 Å². The highest BCUT2D eigenvalue weighted by molar-refractivity contribution is 5.55. The van der Waals surface area contributed by atoms with Crippen LogP contribution in [-0.4, -0.2) is 28.5 Å². The minimum absolute atomic E-state index is 0.235. The molecule has 2 aromatic carbocycles. The molecule has 0 saturated carbocycles. The number of allylic oxidation sites excluding steroid dienone is 1. The summed E-state index contributed by atoms with van der Waals surface area (Å²) < 4.78 is 11.2. The fourth-order valence-corrected chi connectivity index (χ4v) is 2.34. The lowest BCUT2D eigenvalue weighted by molar-refractivity contribution is 0.0450. The van der Waals surface area contributed by atoms with Gasteiger partial charge in [-0.2, -0.15) is 0 Å². The molecule has 0 spiro atoms. The standard InChI is InChI=1S/C19H22O5/c1-4-5-13-6-9-17(18(10-13)23-3)24-12(2)19(22)14-7-8-15(20)16(21)11-14/h4-12,19-22H,1-3H3/t12-,19+/m1/s1. The summed E-state index contributed by atoms with van der Waals surface area (Å²) in [4.78, 5) is 0. The summed E-state index contributed by atoms with van der Waals surface area (Å²) in [6.45, 7) is 3.65. The van der Waals surface area contributed by atoms with Crippen molar-refractivity contribution in [2.75, 3.05) is 7.11 Å². The second-order valence-corrected chi connectivity index (χ2v) is 5.43. The fourth-order valence-electron chi connectivity index (χ4n) is 2.34. The third-order valence-corrected chi connectivity index (χ3v) is 3.65. The van der Waals surface area contributed by atoms with Crippen LogP contribution >= 0.6 is 0 Å². The van der Waals surface area contributed by atoms with Crippen LogP contribution in [0.1, 0.15) is 31.1 Å². The predicted molar refractivity (Wildman–Crippen MR) is 92.5 cm³/mol. The Kier molecular flexibility index (Phi) is 5.71. The minimum Gasteiger partial charge on any atom is -0.504 e. The number of aromatic hydroxyl groups is 2. The lowest BCUT2D eigenvalue weighted by atomic mass is 10.0. The van der Waals surface area contributed by atoms with Crippen molar-refractivity contribution < 1.29 is 24.8 Å². The lowest BCUT2D eigenvalue weighted by Gasteiger charge is -2.22. The molecule has 0 aliphatic rings. The van der Waals surface area contributed by atoms with Crippen molar-refractivity contribution in [3.63, 3.8) is 0 Å². The summed E-state index contributed by atoms with van der Waals surface area (Å²) in [6, 6.07) is 9.70. The number of aliphatic hydroxyl groups excluding tert-OH is 1. The molecule has 0 radical (unpaired) electrons.